The van der Waals surface area contributed by atoms with E-state index in [9.17, 15) is 0 Å². The number of pyridine rings is 1. The molecular formula is C21H23Cl2NO2. The van der Waals surface area contributed by atoms with E-state index in [1.54, 1.807) is 36.7 Å². The molecule has 1 aromatic carbocycles. The van der Waals surface area contributed by atoms with Crippen LogP contribution in [0.3, 0.4) is 0 Å². The van der Waals surface area contributed by atoms with Crippen LogP contribution in [0.25, 0.3) is 6.08 Å². The average molecular weight is 392 g/mol. The zero-order valence-electron chi connectivity index (χ0n) is 15.2. The van der Waals surface area contributed by atoms with Crippen molar-refractivity contribution in [1.29, 1.82) is 0 Å². The Bertz CT molecular complexity index is 767. The molecule has 1 atom stereocenters. The molecule has 1 aromatic heterocycles. The second-order valence-corrected chi connectivity index (χ2v) is 7.72. The molecule has 0 aliphatic heterocycles. The summed E-state index contributed by atoms with van der Waals surface area (Å²) < 4.78 is 12.2. The minimum atomic E-state index is -0.313. The Balaban J connectivity index is 2.46. The number of hydrogen-bond acceptors (Lipinski definition) is 3. The Hall–Kier alpha value is -1.81. The van der Waals surface area contributed by atoms with Crippen LogP contribution < -0.4 is 4.74 Å². The van der Waals surface area contributed by atoms with E-state index >= 15 is 0 Å². The van der Waals surface area contributed by atoms with E-state index in [4.69, 9.17) is 32.7 Å². The van der Waals surface area contributed by atoms with Gasteiger partial charge in [-0.2, -0.15) is 0 Å². The molecule has 5 heteroatoms. The average Bonchev–Trinajstić information content (AvgIpc) is 2.57. The second kappa shape index (κ2) is 9.22. The lowest BCUT2D eigenvalue weighted by molar-refractivity contribution is 0.00176. The topological polar surface area (TPSA) is 31.4 Å². The summed E-state index contributed by atoms with van der Waals surface area (Å²) >= 11 is 12.3. The minimum Gasteiger partial charge on any atom is -0.457 e. The van der Waals surface area contributed by atoms with Crippen LogP contribution in [0, 0.1) is 5.41 Å². The van der Waals surface area contributed by atoms with Crippen LogP contribution in [0.2, 0.25) is 10.0 Å². The molecule has 0 radical (unpaired) electrons. The van der Waals surface area contributed by atoms with Crippen molar-refractivity contribution in [1.82, 2.24) is 4.98 Å². The summed E-state index contributed by atoms with van der Waals surface area (Å²) in [6.45, 7) is 10.4. The second-order valence-electron chi connectivity index (χ2n) is 6.88. The van der Waals surface area contributed by atoms with Gasteiger partial charge in [0.15, 0.2) is 0 Å². The van der Waals surface area contributed by atoms with E-state index in [2.05, 4.69) is 32.3 Å². The van der Waals surface area contributed by atoms with Crippen LogP contribution in [-0.2, 0) is 4.74 Å². The first-order chi connectivity index (χ1) is 12.3. The largest absolute Gasteiger partial charge is 0.457 e. The van der Waals surface area contributed by atoms with Crippen LogP contribution in [0.1, 0.15) is 26.3 Å². The van der Waals surface area contributed by atoms with E-state index < -0.39 is 0 Å². The van der Waals surface area contributed by atoms with Crippen LogP contribution in [-0.4, -0.2) is 17.7 Å². The Kier molecular flexibility index (Phi) is 7.27. The van der Waals surface area contributed by atoms with Crippen LogP contribution in [0.15, 0.2) is 61.1 Å². The highest BCUT2D eigenvalue weighted by Gasteiger charge is 2.31. The highest BCUT2D eigenvalue weighted by molar-refractivity contribution is 6.35. The maximum atomic E-state index is 6.29. The molecular weight excluding hydrogens is 369 g/mol. The van der Waals surface area contributed by atoms with Gasteiger partial charge in [0.05, 0.1) is 11.6 Å². The van der Waals surface area contributed by atoms with Gasteiger partial charge in [-0.3, -0.25) is 4.98 Å². The van der Waals surface area contributed by atoms with Crippen molar-refractivity contribution < 1.29 is 9.47 Å². The summed E-state index contributed by atoms with van der Waals surface area (Å²) in [7, 11) is 0. The Labute approximate surface area is 165 Å². The molecule has 0 spiro atoms. The molecule has 0 fully saturated rings. The van der Waals surface area contributed by atoms with Gasteiger partial charge in [0.1, 0.15) is 17.6 Å². The number of benzene rings is 1. The molecule has 0 bridgehead atoms. The van der Waals surface area contributed by atoms with Gasteiger partial charge >= 0.3 is 0 Å². The van der Waals surface area contributed by atoms with Gasteiger partial charge in [0.25, 0.3) is 0 Å². The van der Waals surface area contributed by atoms with E-state index in [1.165, 1.54) is 0 Å². The third-order valence-electron chi connectivity index (χ3n) is 3.54. The van der Waals surface area contributed by atoms with Crippen LogP contribution >= 0.6 is 23.2 Å². The Morgan fingerprint density at radius 2 is 2.04 bits per heavy atom. The summed E-state index contributed by atoms with van der Waals surface area (Å²) in [4.78, 5) is 4.16. The quantitative estimate of drug-likeness (QED) is 0.402. The summed E-state index contributed by atoms with van der Waals surface area (Å²) in [5, 5.41) is 0.987. The molecule has 1 unspecified atom stereocenters. The van der Waals surface area contributed by atoms with Gasteiger partial charge in [0, 0.05) is 17.4 Å². The molecule has 138 valence electrons. The van der Waals surface area contributed by atoms with Crippen molar-refractivity contribution in [3.8, 4) is 5.75 Å². The SMILES string of the molecule is C=CCOC(/C(=C\c1cccnc1)Oc1ccc(Cl)cc1Cl)C(C)(C)C. The fraction of sp³-hybridized carbons (Fsp3) is 0.286. The van der Waals surface area contributed by atoms with Crippen molar-refractivity contribution in [3.63, 3.8) is 0 Å². The first-order valence-electron chi connectivity index (χ1n) is 8.28. The zero-order chi connectivity index (χ0) is 19.2. The molecule has 1 heterocycles. The van der Waals surface area contributed by atoms with Gasteiger partial charge in [-0.15, -0.1) is 6.58 Å². The maximum Gasteiger partial charge on any atom is 0.145 e. The standard InChI is InChI=1S/C21H23Cl2NO2/c1-5-11-25-20(21(2,3)4)19(12-15-7-6-10-24-14-15)26-18-9-8-16(22)13-17(18)23/h5-10,12-14,20H,1,11H2,2-4H3/b19-12+. The third kappa shape index (κ3) is 5.87. The van der Waals surface area contributed by atoms with Crippen molar-refractivity contribution in [2.24, 2.45) is 5.41 Å². The van der Waals surface area contributed by atoms with Crippen molar-refractivity contribution in [3.05, 3.63) is 76.7 Å². The predicted molar refractivity (Wildman–Crippen MR) is 109 cm³/mol. The lowest BCUT2D eigenvalue weighted by Crippen LogP contribution is -2.33. The lowest BCUT2D eigenvalue weighted by Gasteiger charge is -2.32. The van der Waals surface area contributed by atoms with Gasteiger partial charge in [-0.25, -0.2) is 0 Å². The highest BCUT2D eigenvalue weighted by atomic mass is 35.5. The fourth-order valence-corrected chi connectivity index (χ4v) is 2.84. The van der Waals surface area contributed by atoms with E-state index in [0.29, 0.717) is 28.2 Å². The van der Waals surface area contributed by atoms with E-state index in [-0.39, 0.29) is 11.5 Å². The molecule has 0 amide bonds. The Morgan fingerprint density at radius 3 is 2.62 bits per heavy atom. The first-order valence-corrected chi connectivity index (χ1v) is 9.04. The first kappa shape index (κ1) is 20.5. The molecule has 3 nitrogen and oxygen atoms in total. The molecule has 0 N–H and O–H groups in total. The lowest BCUT2D eigenvalue weighted by atomic mass is 9.87. The maximum absolute atomic E-state index is 6.29. The fourth-order valence-electron chi connectivity index (χ4n) is 2.39. The molecule has 26 heavy (non-hydrogen) atoms. The van der Waals surface area contributed by atoms with E-state index in [0.717, 1.165) is 5.56 Å². The van der Waals surface area contributed by atoms with Crippen molar-refractivity contribution in [2.45, 2.75) is 26.9 Å². The van der Waals surface area contributed by atoms with Crippen LogP contribution in [0.4, 0.5) is 0 Å². The number of nitrogens with zero attached hydrogens (tertiary/aromatic N) is 1. The summed E-state index contributed by atoms with van der Waals surface area (Å²) in [5.41, 5.74) is 0.694. The summed E-state index contributed by atoms with van der Waals surface area (Å²) in [5.74, 6) is 1.15. The van der Waals surface area contributed by atoms with Gasteiger partial charge < -0.3 is 9.47 Å². The molecule has 0 aliphatic carbocycles. The monoisotopic (exact) mass is 391 g/mol. The van der Waals surface area contributed by atoms with E-state index in [1.807, 2.05) is 18.2 Å². The minimum absolute atomic E-state index is 0.212. The number of aromatic nitrogens is 1. The van der Waals surface area contributed by atoms with Crippen molar-refractivity contribution >= 4 is 29.3 Å². The number of rotatable bonds is 7. The summed E-state index contributed by atoms with van der Waals surface area (Å²) in [6.07, 6.45) is 6.81. The summed E-state index contributed by atoms with van der Waals surface area (Å²) in [6, 6.07) is 8.95. The zero-order valence-corrected chi connectivity index (χ0v) is 16.7. The smallest absolute Gasteiger partial charge is 0.145 e. The predicted octanol–water partition coefficient (Wildman–Crippen LogP) is 6.43. The molecule has 2 aromatic rings. The number of ether oxygens (including phenoxy) is 2. The molecule has 2 rings (SSSR count). The normalized spacial score (nSPS) is 13.3. The van der Waals surface area contributed by atoms with Crippen molar-refractivity contribution in [2.75, 3.05) is 6.61 Å². The van der Waals surface area contributed by atoms with Crippen LogP contribution in [0.5, 0.6) is 5.75 Å². The third-order valence-corrected chi connectivity index (χ3v) is 4.07. The highest BCUT2D eigenvalue weighted by Crippen LogP contribution is 2.34. The van der Waals surface area contributed by atoms with Gasteiger partial charge in [-0.1, -0.05) is 56.1 Å². The number of halogens is 2. The van der Waals surface area contributed by atoms with Gasteiger partial charge in [0.2, 0.25) is 0 Å². The Morgan fingerprint density at radius 1 is 1.27 bits per heavy atom. The molecule has 0 saturated carbocycles. The number of hydrogen-bond donors (Lipinski definition) is 0. The van der Waals surface area contributed by atoms with Gasteiger partial charge in [-0.05, 0) is 41.3 Å². The molecule has 0 saturated heterocycles. The molecule has 0 aliphatic rings.